The summed E-state index contributed by atoms with van der Waals surface area (Å²) in [6, 6.07) is 17.6. The molecule has 17 heavy (non-hydrogen) atoms. The highest BCUT2D eigenvalue weighted by Gasteiger charge is 1.98. The van der Waals surface area contributed by atoms with Crippen molar-refractivity contribution in [2.45, 2.75) is 0 Å². The summed E-state index contributed by atoms with van der Waals surface area (Å²) < 4.78 is 0.935. The van der Waals surface area contributed by atoms with Crippen molar-refractivity contribution >= 4 is 27.3 Å². The number of hydrogen-bond donors (Lipinski definition) is 0. The van der Waals surface area contributed by atoms with E-state index in [9.17, 15) is 0 Å². The molecule has 0 heterocycles. The molecule has 0 bridgehead atoms. The molecule has 86 valence electrons. The first kappa shape index (κ1) is 11.8. The molecule has 0 aliphatic carbocycles. The third kappa shape index (κ3) is 3.14. The van der Waals surface area contributed by atoms with Crippen molar-refractivity contribution in [2.24, 2.45) is 10.3 Å². The van der Waals surface area contributed by atoms with Crippen molar-refractivity contribution in [3.63, 3.8) is 0 Å². The number of para-hydroxylation sites is 1. The van der Waals surface area contributed by atoms with Crippen molar-refractivity contribution in [2.75, 3.05) is 12.1 Å². The third-order valence-corrected chi connectivity index (χ3v) is 2.94. The van der Waals surface area contributed by atoms with Crippen LogP contribution in [0.3, 0.4) is 0 Å². The number of halogens is 1. The zero-order valence-corrected chi connectivity index (χ0v) is 11.0. The van der Waals surface area contributed by atoms with Crippen LogP contribution >= 0.6 is 15.9 Å². The van der Waals surface area contributed by atoms with Gasteiger partial charge in [-0.3, -0.25) is 0 Å². The van der Waals surface area contributed by atoms with E-state index in [-0.39, 0.29) is 0 Å². The summed E-state index contributed by atoms with van der Waals surface area (Å²) in [7, 11) is 1.87. The summed E-state index contributed by atoms with van der Waals surface area (Å²) in [6.45, 7) is 0. The molecule has 0 atom stereocenters. The van der Waals surface area contributed by atoms with Gasteiger partial charge in [-0.25, -0.2) is 5.01 Å². The molecule has 0 N–H and O–H groups in total. The van der Waals surface area contributed by atoms with Crippen molar-refractivity contribution in [1.82, 2.24) is 0 Å². The number of nitrogens with zero attached hydrogens (tertiary/aromatic N) is 3. The first-order chi connectivity index (χ1) is 8.27. The Balaban J connectivity index is 2.14. The zero-order valence-electron chi connectivity index (χ0n) is 9.42. The fourth-order valence-electron chi connectivity index (χ4n) is 1.34. The van der Waals surface area contributed by atoms with Crippen LogP contribution in [-0.2, 0) is 0 Å². The summed E-state index contributed by atoms with van der Waals surface area (Å²) in [4.78, 5) is 0. The lowest BCUT2D eigenvalue weighted by Gasteiger charge is -2.10. The van der Waals surface area contributed by atoms with E-state index in [1.54, 1.807) is 5.01 Å². The molecule has 0 aliphatic rings. The smallest absolute Gasteiger partial charge is 0.102 e. The fourth-order valence-corrected chi connectivity index (χ4v) is 1.71. The van der Waals surface area contributed by atoms with Crippen molar-refractivity contribution in [1.29, 1.82) is 0 Å². The standard InChI is InChI=1S/C13H12BrN3/c1-17(11-7-3-2-4-8-11)16-15-13-10-6-5-9-12(13)14/h2-10H,1H3. The molecule has 0 radical (unpaired) electrons. The predicted molar refractivity (Wildman–Crippen MR) is 73.5 cm³/mol. The van der Waals surface area contributed by atoms with E-state index in [0.29, 0.717) is 0 Å². The maximum Gasteiger partial charge on any atom is 0.102 e. The van der Waals surface area contributed by atoms with E-state index in [1.165, 1.54) is 0 Å². The Morgan fingerprint density at radius 1 is 0.941 bits per heavy atom. The number of anilines is 1. The van der Waals surface area contributed by atoms with Gasteiger partial charge in [0.2, 0.25) is 0 Å². The van der Waals surface area contributed by atoms with E-state index in [4.69, 9.17) is 0 Å². The molecule has 2 aromatic rings. The lowest BCUT2D eigenvalue weighted by molar-refractivity contribution is 0.923. The highest BCUT2D eigenvalue weighted by atomic mass is 79.9. The maximum absolute atomic E-state index is 4.19. The molecule has 0 amide bonds. The van der Waals surface area contributed by atoms with E-state index >= 15 is 0 Å². The monoisotopic (exact) mass is 289 g/mol. The van der Waals surface area contributed by atoms with Gasteiger partial charge in [-0.15, -0.1) is 5.11 Å². The average Bonchev–Trinajstić information content (AvgIpc) is 2.38. The second-order valence-corrected chi connectivity index (χ2v) is 4.35. The molecular formula is C13H12BrN3. The lowest BCUT2D eigenvalue weighted by atomic mass is 10.3. The van der Waals surface area contributed by atoms with Gasteiger partial charge in [0, 0.05) is 11.5 Å². The Labute approximate surface area is 109 Å². The van der Waals surface area contributed by atoms with E-state index in [2.05, 4.69) is 26.3 Å². The van der Waals surface area contributed by atoms with Crippen LogP contribution in [0.15, 0.2) is 69.4 Å². The number of hydrogen-bond acceptors (Lipinski definition) is 2. The highest BCUT2D eigenvalue weighted by Crippen LogP contribution is 2.25. The fraction of sp³-hybridized carbons (Fsp3) is 0.0769. The summed E-state index contributed by atoms with van der Waals surface area (Å²) in [6.07, 6.45) is 0. The molecule has 0 unspecified atom stereocenters. The van der Waals surface area contributed by atoms with Crippen LogP contribution < -0.4 is 5.01 Å². The van der Waals surface area contributed by atoms with Crippen LogP contribution in [0.1, 0.15) is 0 Å². The Morgan fingerprint density at radius 2 is 1.59 bits per heavy atom. The summed E-state index contributed by atoms with van der Waals surface area (Å²) in [5, 5.41) is 10.1. The Bertz CT molecular complexity index is 511. The first-order valence-corrected chi connectivity index (χ1v) is 6.01. The third-order valence-electron chi connectivity index (χ3n) is 2.27. The zero-order chi connectivity index (χ0) is 12.1. The molecule has 2 aromatic carbocycles. The largest absolute Gasteiger partial charge is 0.250 e. The average molecular weight is 290 g/mol. The van der Waals surface area contributed by atoms with Crippen LogP contribution in [0.5, 0.6) is 0 Å². The molecule has 0 aliphatic heterocycles. The van der Waals surface area contributed by atoms with Gasteiger partial charge in [-0.2, -0.15) is 0 Å². The van der Waals surface area contributed by atoms with Crippen molar-refractivity contribution < 1.29 is 0 Å². The Hall–Kier alpha value is -1.68. The van der Waals surface area contributed by atoms with Crippen molar-refractivity contribution in [3.8, 4) is 0 Å². The Morgan fingerprint density at radius 3 is 2.29 bits per heavy atom. The summed E-state index contributed by atoms with van der Waals surface area (Å²) in [5.41, 5.74) is 1.82. The Kier molecular flexibility index (Phi) is 3.88. The predicted octanol–water partition coefficient (Wildman–Crippen LogP) is 4.58. The minimum absolute atomic E-state index is 0.815. The van der Waals surface area contributed by atoms with Gasteiger partial charge in [0.05, 0.1) is 5.69 Å². The quantitative estimate of drug-likeness (QED) is 0.600. The molecule has 0 aromatic heterocycles. The molecule has 0 fully saturated rings. The van der Waals surface area contributed by atoms with Gasteiger partial charge >= 0.3 is 0 Å². The molecule has 0 saturated heterocycles. The minimum Gasteiger partial charge on any atom is -0.250 e. The van der Waals surface area contributed by atoms with E-state index < -0.39 is 0 Å². The van der Waals surface area contributed by atoms with Gasteiger partial charge < -0.3 is 0 Å². The summed E-state index contributed by atoms with van der Waals surface area (Å²) >= 11 is 3.43. The lowest BCUT2D eigenvalue weighted by Crippen LogP contribution is -2.06. The van der Waals surface area contributed by atoms with Crippen LogP contribution in [0.4, 0.5) is 11.4 Å². The molecule has 3 nitrogen and oxygen atoms in total. The first-order valence-electron chi connectivity index (χ1n) is 5.22. The number of benzene rings is 2. The molecule has 0 spiro atoms. The second kappa shape index (κ2) is 5.59. The SMILES string of the molecule is CN(N=Nc1ccccc1Br)c1ccccc1. The van der Waals surface area contributed by atoms with Crippen LogP contribution in [0.2, 0.25) is 0 Å². The van der Waals surface area contributed by atoms with Gasteiger partial charge in [0.15, 0.2) is 0 Å². The minimum atomic E-state index is 0.815. The topological polar surface area (TPSA) is 28.0 Å². The molecule has 4 heteroatoms. The summed E-state index contributed by atoms with van der Waals surface area (Å²) in [5.74, 6) is 0. The highest BCUT2D eigenvalue weighted by molar-refractivity contribution is 9.10. The molecular weight excluding hydrogens is 278 g/mol. The molecule has 2 rings (SSSR count). The van der Waals surface area contributed by atoms with Gasteiger partial charge in [0.1, 0.15) is 5.69 Å². The van der Waals surface area contributed by atoms with E-state index in [1.807, 2.05) is 61.6 Å². The van der Waals surface area contributed by atoms with Gasteiger partial charge in [-0.05, 0) is 40.2 Å². The number of rotatable bonds is 3. The van der Waals surface area contributed by atoms with Crippen LogP contribution in [0, 0.1) is 0 Å². The van der Waals surface area contributed by atoms with E-state index in [0.717, 1.165) is 15.8 Å². The van der Waals surface area contributed by atoms with Gasteiger partial charge in [-0.1, -0.05) is 35.6 Å². The van der Waals surface area contributed by atoms with Crippen molar-refractivity contribution in [3.05, 3.63) is 59.1 Å². The molecule has 0 saturated carbocycles. The normalized spacial score (nSPS) is 10.7. The van der Waals surface area contributed by atoms with Gasteiger partial charge in [0.25, 0.3) is 0 Å². The second-order valence-electron chi connectivity index (χ2n) is 3.50. The van der Waals surface area contributed by atoms with Crippen LogP contribution in [-0.4, -0.2) is 7.05 Å². The van der Waals surface area contributed by atoms with Crippen LogP contribution in [0.25, 0.3) is 0 Å². The maximum atomic E-state index is 4.19.